The molecule has 4 aliphatic carbocycles. The highest BCUT2D eigenvalue weighted by Gasteiger charge is 2.68. The van der Waals surface area contributed by atoms with Gasteiger partial charge in [-0.1, -0.05) is 13.8 Å². The van der Waals surface area contributed by atoms with Gasteiger partial charge >= 0.3 is 0 Å². The van der Waals surface area contributed by atoms with Crippen LogP contribution in [0.5, 0.6) is 0 Å². The fourth-order valence-corrected chi connectivity index (χ4v) is 6.80. The zero-order valence-corrected chi connectivity index (χ0v) is 15.7. The summed E-state index contributed by atoms with van der Waals surface area (Å²) in [5.41, 5.74) is -2.89. The number of carbonyl (C=O) groups is 2. The van der Waals surface area contributed by atoms with Crippen LogP contribution in [0.1, 0.15) is 46.0 Å². The lowest BCUT2D eigenvalue weighted by molar-refractivity contribution is -0.175. The van der Waals surface area contributed by atoms with Gasteiger partial charge in [0.15, 0.2) is 11.6 Å². The lowest BCUT2D eigenvalue weighted by Crippen LogP contribution is -2.61. The summed E-state index contributed by atoms with van der Waals surface area (Å²) in [6.45, 7) is 2.95. The van der Waals surface area contributed by atoms with Crippen LogP contribution in [0.25, 0.3) is 0 Å². The Morgan fingerprint density at radius 3 is 2.70 bits per heavy atom. The van der Waals surface area contributed by atoms with Crippen molar-refractivity contribution in [3.8, 4) is 0 Å². The van der Waals surface area contributed by atoms with E-state index in [4.69, 9.17) is 0 Å². The van der Waals surface area contributed by atoms with E-state index in [0.29, 0.717) is 24.8 Å². The summed E-state index contributed by atoms with van der Waals surface area (Å²) in [7, 11) is 0. The first kappa shape index (κ1) is 19.0. The standard InChI is InChI=1S/C21H27FO5/c1-19-5-3-11(24)7-14(19)15(22)8-12-13-4-6-21(27,17(26)10-23)20(13,2)9-16(25)18(12)19/h7-8,12-13,16,18,23,25,27H,3-6,9-10H2,1-2H3/t12-,13-,16-,18+,19-,20-,21-/m0/s1. The van der Waals surface area contributed by atoms with E-state index in [-0.39, 0.29) is 36.4 Å². The summed E-state index contributed by atoms with van der Waals surface area (Å²) in [5, 5.41) is 31.6. The van der Waals surface area contributed by atoms with Gasteiger partial charge in [0.2, 0.25) is 0 Å². The zero-order chi connectivity index (χ0) is 19.8. The van der Waals surface area contributed by atoms with Crippen molar-refractivity contribution in [3.63, 3.8) is 0 Å². The van der Waals surface area contributed by atoms with Crippen LogP contribution in [0, 0.1) is 28.6 Å². The number of carbonyl (C=O) groups excluding carboxylic acids is 2. The summed E-state index contributed by atoms with van der Waals surface area (Å²) in [5.74, 6) is -1.91. The number of aliphatic hydroxyl groups excluding tert-OH is 2. The normalized spacial score (nSPS) is 48.9. The molecule has 4 aliphatic rings. The molecule has 0 bridgehead atoms. The molecule has 7 atom stereocenters. The molecule has 4 rings (SSSR count). The van der Waals surface area contributed by atoms with E-state index >= 15 is 4.39 Å². The van der Waals surface area contributed by atoms with Crippen molar-refractivity contribution in [2.75, 3.05) is 6.61 Å². The lowest BCUT2D eigenvalue weighted by Gasteiger charge is -2.58. The van der Waals surface area contributed by atoms with Gasteiger partial charge in [-0.25, -0.2) is 4.39 Å². The van der Waals surface area contributed by atoms with Gasteiger partial charge in [-0.3, -0.25) is 9.59 Å². The van der Waals surface area contributed by atoms with Crippen molar-refractivity contribution in [1.82, 2.24) is 0 Å². The van der Waals surface area contributed by atoms with E-state index in [1.807, 2.05) is 6.92 Å². The lowest BCUT2D eigenvalue weighted by atomic mass is 9.47. The fourth-order valence-electron chi connectivity index (χ4n) is 6.80. The van der Waals surface area contributed by atoms with Gasteiger partial charge in [-0.15, -0.1) is 0 Å². The van der Waals surface area contributed by atoms with Gasteiger partial charge < -0.3 is 15.3 Å². The third kappa shape index (κ3) is 2.26. The Labute approximate surface area is 158 Å². The van der Waals surface area contributed by atoms with Crippen molar-refractivity contribution in [1.29, 1.82) is 0 Å². The molecule has 0 unspecified atom stereocenters. The number of allylic oxidation sites excluding steroid dienone is 4. The highest BCUT2D eigenvalue weighted by atomic mass is 19.1. The minimum absolute atomic E-state index is 0.0941. The van der Waals surface area contributed by atoms with Crippen LogP contribution in [0.2, 0.25) is 0 Å². The minimum atomic E-state index is -1.71. The second-order valence-corrected chi connectivity index (χ2v) is 9.34. The first-order valence-corrected chi connectivity index (χ1v) is 9.76. The molecule has 6 heteroatoms. The molecule has 148 valence electrons. The Hall–Kier alpha value is -1.37. The first-order chi connectivity index (χ1) is 12.6. The third-order valence-corrected chi connectivity index (χ3v) is 8.26. The molecule has 0 amide bonds. The van der Waals surface area contributed by atoms with Gasteiger partial charge in [-0.2, -0.15) is 0 Å². The molecule has 27 heavy (non-hydrogen) atoms. The zero-order valence-electron chi connectivity index (χ0n) is 15.7. The molecule has 0 saturated heterocycles. The van der Waals surface area contributed by atoms with Crippen molar-refractivity contribution in [3.05, 3.63) is 23.6 Å². The van der Waals surface area contributed by atoms with E-state index in [1.165, 1.54) is 12.2 Å². The molecule has 0 aromatic carbocycles. The Kier molecular flexibility index (Phi) is 4.09. The molecule has 2 fully saturated rings. The van der Waals surface area contributed by atoms with Crippen LogP contribution < -0.4 is 0 Å². The Balaban J connectivity index is 1.83. The summed E-state index contributed by atoms with van der Waals surface area (Å²) in [6.07, 6.45) is 3.81. The molecule has 0 spiro atoms. The third-order valence-electron chi connectivity index (χ3n) is 8.26. The maximum atomic E-state index is 15.0. The van der Waals surface area contributed by atoms with E-state index in [0.717, 1.165) is 0 Å². The molecule has 2 saturated carbocycles. The average molecular weight is 378 g/mol. The van der Waals surface area contributed by atoms with Gasteiger partial charge in [0.05, 0.1) is 6.10 Å². The predicted octanol–water partition coefficient (Wildman–Crippen LogP) is 1.85. The van der Waals surface area contributed by atoms with Crippen molar-refractivity contribution in [2.45, 2.75) is 57.7 Å². The molecule has 0 aliphatic heterocycles. The monoisotopic (exact) mass is 378 g/mol. The number of hydrogen-bond donors (Lipinski definition) is 3. The van der Waals surface area contributed by atoms with E-state index < -0.39 is 40.8 Å². The maximum absolute atomic E-state index is 15.0. The van der Waals surface area contributed by atoms with Crippen LogP contribution in [0.4, 0.5) is 4.39 Å². The van der Waals surface area contributed by atoms with Crippen LogP contribution in [0.3, 0.4) is 0 Å². The number of fused-ring (bicyclic) bond motifs is 5. The molecule has 3 N–H and O–H groups in total. The molecule has 0 radical (unpaired) electrons. The molecular weight excluding hydrogens is 351 g/mol. The summed E-state index contributed by atoms with van der Waals surface area (Å²) in [6, 6.07) is 0. The summed E-state index contributed by atoms with van der Waals surface area (Å²) >= 11 is 0. The smallest absolute Gasteiger partial charge is 0.190 e. The molecular formula is C21H27FO5. The highest BCUT2D eigenvalue weighted by Crippen LogP contribution is 2.67. The maximum Gasteiger partial charge on any atom is 0.190 e. The first-order valence-electron chi connectivity index (χ1n) is 9.76. The van der Waals surface area contributed by atoms with Crippen LogP contribution in [-0.2, 0) is 9.59 Å². The number of halogens is 1. The van der Waals surface area contributed by atoms with Crippen LogP contribution in [-0.4, -0.2) is 45.2 Å². The number of rotatable bonds is 2. The second kappa shape index (κ2) is 5.82. The minimum Gasteiger partial charge on any atom is -0.393 e. The highest BCUT2D eigenvalue weighted by molar-refractivity contribution is 5.92. The van der Waals surface area contributed by atoms with Gasteiger partial charge in [-0.05, 0) is 55.2 Å². The van der Waals surface area contributed by atoms with Gasteiger partial charge in [0.1, 0.15) is 18.0 Å². The van der Waals surface area contributed by atoms with E-state index in [1.54, 1.807) is 6.92 Å². The Morgan fingerprint density at radius 2 is 2.04 bits per heavy atom. The van der Waals surface area contributed by atoms with Crippen molar-refractivity contribution < 1.29 is 29.3 Å². The quantitative estimate of drug-likeness (QED) is 0.682. The van der Waals surface area contributed by atoms with E-state index in [2.05, 4.69) is 0 Å². The SMILES string of the molecule is C[C@]12CCC(=O)C=C1C(F)=C[C@@H]1[C@@H]2[C@@H](O)C[C@@]2(C)[C@H]1CC[C@]2(O)C(=O)CO. The van der Waals surface area contributed by atoms with Crippen LogP contribution >= 0.6 is 0 Å². The number of hydrogen-bond acceptors (Lipinski definition) is 5. The predicted molar refractivity (Wildman–Crippen MR) is 95.1 cm³/mol. The Morgan fingerprint density at radius 1 is 1.33 bits per heavy atom. The summed E-state index contributed by atoms with van der Waals surface area (Å²) < 4.78 is 15.0. The second-order valence-electron chi connectivity index (χ2n) is 9.34. The molecule has 0 heterocycles. The number of Topliss-reactive ketones (excluding diaryl/α,β-unsaturated/α-hetero) is 1. The molecule has 5 nitrogen and oxygen atoms in total. The molecule has 0 aromatic rings. The summed E-state index contributed by atoms with van der Waals surface area (Å²) in [4.78, 5) is 24.2. The topological polar surface area (TPSA) is 94.8 Å². The fraction of sp³-hybridized carbons (Fsp3) is 0.714. The van der Waals surface area contributed by atoms with E-state index in [9.17, 15) is 24.9 Å². The largest absolute Gasteiger partial charge is 0.393 e. The average Bonchev–Trinajstić information content (AvgIpc) is 2.87. The Bertz CT molecular complexity index is 773. The number of ketones is 2. The van der Waals surface area contributed by atoms with Crippen molar-refractivity contribution >= 4 is 11.6 Å². The van der Waals surface area contributed by atoms with Crippen LogP contribution in [0.15, 0.2) is 23.6 Å². The van der Waals surface area contributed by atoms with Gasteiger partial charge in [0.25, 0.3) is 0 Å². The van der Waals surface area contributed by atoms with Gasteiger partial charge in [0, 0.05) is 23.2 Å². The van der Waals surface area contributed by atoms with Crippen molar-refractivity contribution in [2.24, 2.45) is 28.6 Å². The number of aliphatic hydroxyl groups is 3. The molecule has 0 aromatic heterocycles.